The molecule has 1 aromatic heterocycles. The zero-order valence-electron chi connectivity index (χ0n) is 7.99. The van der Waals surface area contributed by atoms with Gasteiger partial charge < -0.3 is 10.5 Å². The Bertz CT molecular complexity index is 378. The summed E-state index contributed by atoms with van der Waals surface area (Å²) in [5.74, 6) is -0.385. The molecule has 4 heteroatoms. The minimum absolute atomic E-state index is 0.385. The SMILES string of the molecule is COC(=O)C1(N)CCc2ncccc21. The van der Waals surface area contributed by atoms with Crippen LogP contribution < -0.4 is 5.73 Å². The number of aromatic nitrogens is 1. The number of pyridine rings is 1. The maximum absolute atomic E-state index is 11.5. The molecule has 0 aromatic carbocycles. The molecule has 0 fully saturated rings. The highest BCUT2D eigenvalue weighted by molar-refractivity contribution is 5.83. The molecule has 0 aliphatic heterocycles. The first-order valence-corrected chi connectivity index (χ1v) is 4.50. The average molecular weight is 192 g/mol. The number of rotatable bonds is 1. The van der Waals surface area contributed by atoms with E-state index in [1.54, 1.807) is 12.3 Å². The van der Waals surface area contributed by atoms with Crippen molar-refractivity contribution >= 4 is 5.97 Å². The highest BCUT2D eigenvalue weighted by Gasteiger charge is 2.43. The van der Waals surface area contributed by atoms with Gasteiger partial charge in [0.15, 0.2) is 0 Å². The van der Waals surface area contributed by atoms with E-state index in [1.165, 1.54) is 7.11 Å². The van der Waals surface area contributed by atoms with Crippen LogP contribution in [-0.2, 0) is 21.5 Å². The lowest BCUT2D eigenvalue weighted by atomic mass is 9.94. The second-order valence-corrected chi connectivity index (χ2v) is 3.46. The first-order chi connectivity index (χ1) is 6.68. The van der Waals surface area contributed by atoms with Crippen LogP contribution in [0.2, 0.25) is 0 Å². The fraction of sp³-hybridized carbons (Fsp3) is 0.400. The van der Waals surface area contributed by atoms with E-state index < -0.39 is 5.54 Å². The van der Waals surface area contributed by atoms with Gasteiger partial charge in [-0.15, -0.1) is 0 Å². The molecule has 1 unspecified atom stereocenters. The van der Waals surface area contributed by atoms with Crippen LogP contribution in [0, 0.1) is 0 Å². The number of carbonyl (C=O) groups excluding carboxylic acids is 1. The van der Waals surface area contributed by atoms with E-state index >= 15 is 0 Å². The van der Waals surface area contributed by atoms with E-state index in [2.05, 4.69) is 4.98 Å². The van der Waals surface area contributed by atoms with Crippen molar-refractivity contribution in [3.05, 3.63) is 29.6 Å². The second kappa shape index (κ2) is 3.06. The van der Waals surface area contributed by atoms with Crippen LogP contribution in [0.25, 0.3) is 0 Å². The van der Waals surface area contributed by atoms with Crippen molar-refractivity contribution in [1.82, 2.24) is 4.98 Å². The number of hydrogen-bond donors (Lipinski definition) is 1. The van der Waals surface area contributed by atoms with Crippen molar-refractivity contribution in [3.63, 3.8) is 0 Å². The molecular weight excluding hydrogens is 180 g/mol. The molecule has 1 aromatic rings. The van der Waals surface area contributed by atoms with Crippen molar-refractivity contribution in [2.75, 3.05) is 7.11 Å². The topological polar surface area (TPSA) is 65.2 Å². The lowest BCUT2D eigenvalue weighted by Crippen LogP contribution is -2.43. The molecule has 0 bridgehead atoms. The molecule has 1 atom stereocenters. The normalized spacial score (nSPS) is 24.4. The molecule has 4 nitrogen and oxygen atoms in total. The van der Waals surface area contributed by atoms with Gasteiger partial charge in [-0.3, -0.25) is 4.98 Å². The Labute approximate surface area is 82.1 Å². The number of esters is 1. The van der Waals surface area contributed by atoms with Gasteiger partial charge in [-0.1, -0.05) is 6.07 Å². The summed E-state index contributed by atoms with van der Waals surface area (Å²) in [6.07, 6.45) is 3.02. The highest BCUT2D eigenvalue weighted by atomic mass is 16.5. The number of aryl methyl sites for hydroxylation is 1. The lowest BCUT2D eigenvalue weighted by Gasteiger charge is -2.21. The van der Waals surface area contributed by atoms with Crippen molar-refractivity contribution in [1.29, 1.82) is 0 Å². The highest BCUT2D eigenvalue weighted by Crippen LogP contribution is 2.34. The molecule has 0 radical (unpaired) electrons. The summed E-state index contributed by atoms with van der Waals surface area (Å²) in [4.78, 5) is 15.7. The molecule has 0 saturated carbocycles. The molecule has 1 aliphatic rings. The summed E-state index contributed by atoms with van der Waals surface area (Å²) in [5.41, 5.74) is 6.72. The maximum Gasteiger partial charge on any atom is 0.330 e. The fourth-order valence-electron chi connectivity index (χ4n) is 1.89. The number of ether oxygens (including phenoxy) is 1. The minimum Gasteiger partial charge on any atom is -0.467 e. The van der Waals surface area contributed by atoms with Gasteiger partial charge in [0, 0.05) is 17.5 Å². The number of hydrogen-bond acceptors (Lipinski definition) is 4. The Morgan fingerprint density at radius 1 is 1.71 bits per heavy atom. The molecule has 0 amide bonds. The third-order valence-electron chi connectivity index (χ3n) is 2.68. The van der Waals surface area contributed by atoms with E-state index in [0.717, 1.165) is 17.7 Å². The number of nitrogens with zero attached hydrogens (tertiary/aromatic N) is 1. The van der Waals surface area contributed by atoms with Crippen molar-refractivity contribution in [2.24, 2.45) is 5.73 Å². The van der Waals surface area contributed by atoms with Gasteiger partial charge in [0.25, 0.3) is 0 Å². The molecule has 2 rings (SSSR count). The van der Waals surface area contributed by atoms with Crippen molar-refractivity contribution in [2.45, 2.75) is 18.4 Å². The summed E-state index contributed by atoms with van der Waals surface area (Å²) in [6.45, 7) is 0. The summed E-state index contributed by atoms with van der Waals surface area (Å²) >= 11 is 0. The van der Waals surface area contributed by atoms with E-state index in [9.17, 15) is 4.79 Å². The fourth-order valence-corrected chi connectivity index (χ4v) is 1.89. The van der Waals surface area contributed by atoms with Crippen LogP contribution in [0.5, 0.6) is 0 Å². The standard InChI is InChI=1S/C10H12N2O2/c1-14-9(13)10(11)5-4-8-7(10)3-2-6-12-8/h2-3,6H,4-5,11H2,1H3. The van der Waals surface area contributed by atoms with Crippen molar-refractivity contribution in [3.8, 4) is 0 Å². The third-order valence-corrected chi connectivity index (χ3v) is 2.68. The largest absolute Gasteiger partial charge is 0.467 e. The number of methoxy groups -OCH3 is 1. The predicted octanol–water partition coefficient (Wildman–Crippen LogP) is 0.355. The second-order valence-electron chi connectivity index (χ2n) is 3.46. The Morgan fingerprint density at radius 3 is 3.21 bits per heavy atom. The van der Waals surface area contributed by atoms with E-state index in [0.29, 0.717) is 6.42 Å². The Hall–Kier alpha value is -1.42. The number of carbonyl (C=O) groups is 1. The van der Waals surface area contributed by atoms with E-state index in [1.807, 2.05) is 6.07 Å². The van der Waals surface area contributed by atoms with Gasteiger partial charge in [-0.2, -0.15) is 0 Å². The summed E-state index contributed by atoms with van der Waals surface area (Å²) in [7, 11) is 1.35. The van der Waals surface area contributed by atoms with Gasteiger partial charge in [0.1, 0.15) is 5.54 Å². The quantitative estimate of drug-likeness (QED) is 0.652. The lowest BCUT2D eigenvalue weighted by molar-refractivity contribution is -0.147. The molecular formula is C10H12N2O2. The maximum atomic E-state index is 11.5. The first kappa shape index (κ1) is 9.15. The Morgan fingerprint density at radius 2 is 2.50 bits per heavy atom. The molecule has 1 heterocycles. The smallest absolute Gasteiger partial charge is 0.330 e. The van der Waals surface area contributed by atoms with Gasteiger partial charge in [0.05, 0.1) is 7.11 Å². The summed E-state index contributed by atoms with van der Waals surface area (Å²) in [6, 6.07) is 3.63. The third kappa shape index (κ3) is 1.11. The Kier molecular flexibility index (Phi) is 2.00. The molecule has 74 valence electrons. The zero-order chi connectivity index (χ0) is 10.2. The Balaban J connectivity index is 2.47. The van der Waals surface area contributed by atoms with Gasteiger partial charge in [-0.25, -0.2) is 4.79 Å². The minimum atomic E-state index is -0.988. The molecule has 1 aliphatic carbocycles. The summed E-state index contributed by atoms with van der Waals surface area (Å²) in [5, 5.41) is 0. The van der Waals surface area contributed by atoms with Crippen LogP contribution in [0.15, 0.2) is 18.3 Å². The molecule has 14 heavy (non-hydrogen) atoms. The first-order valence-electron chi connectivity index (χ1n) is 4.50. The number of fused-ring (bicyclic) bond motifs is 1. The van der Waals surface area contributed by atoms with Crippen LogP contribution in [-0.4, -0.2) is 18.1 Å². The number of nitrogens with two attached hydrogens (primary N) is 1. The molecule has 0 spiro atoms. The van der Waals surface area contributed by atoms with Crippen molar-refractivity contribution < 1.29 is 9.53 Å². The molecule has 2 N–H and O–H groups in total. The van der Waals surface area contributed by atoms with Crippen LogP contribution in [0.3, 0.4) is 0 Å². The van der Waals surface area contributed by atoms with Crippen LogP contribution in [0.1, 0.15) is 17.7 Å². The monoisotopic (exact) mass is 192 g/mol. The van der Waals surface area contributed by atoms with E-state index in [-0.39, 0.29) is 5.97 Å². The van der Waals surface area contributed by atoms with Gasteiger partial charge in [-0.05, 0) is 18.9 Å². The average Bonchev–Trinajstić information content (AvgIpc) is 2.58. The van der Waals surface area contributed by atoms with Gasteiger partial charge >= 0.3 is 5.97 Å². The summed E-state index contributed by atoms with van der Waals surface area (Å²) < 4.78 is 4.70. The van der Waals surface area contributed by atoms with Gasteiger partial charge in [0.2, 0.25) is 0 Å². The zero-order valence-corrected chi connectivity index (χ0v) is 7.99. The van der Waals surface area contributed by atoms with Crippen LogP contribution >= 0.6 is 0 Å². The molecule has 0 saturated heterocycles. The van der Waals surface area contributed by atoms with E-state index in [4.69, 9.17) is 10.5 Å². The predicted molar refractivity (Wildman–Crippen MR) is 50.4 cm³/mol. The van der Waals surface area contributed by atoms with Crippen LogP contribution in [0.4, 0.5) is 0 Å².